The Kier molecular flexibility index (Phi) is 4.15. The van der Waals surface area contributed by atoms with Gasteiger partial charge in [0.25, 0.3) is 0 Å². The molecule has 3 nitrogen and oxygen atoms in total. The van der Waals surface area contributed by atoms with Crippen LogP contribution in [-0.4, -0.2) is 16.5 Å². The van der Waals surface area contributed by atoms with E-state index in [1.807, 2.05) is 6.20 Å². The lowest BCUT2D eigenvalue weighted by molar-refractivity contribution is 0.714. The first-order valence-corrected chi connectivity index (χ1v) is 6.55. The van der Waals surface area contributed by atoms with Crippen LogP contribution in [0.25, 0.3) is 11.4 Å². The van der Waals surface area contributed by atoms with Crippen molar-refractivity contribution in [3.05, 3.63) is 41.7 Å². The fraction of sp³-hybridized carbons (Fsp3) is 0.400. The van der Waals surface area contributed by atoms with Gasteiger partial charge in [-0.1, -0.05) is 45.0 Å². The number of hydrogen-bond acceptors (Lipinski definition) is 2. The van der Waals surface area contributed by atoms with E-state index in [0.29, 0.717) is 5.92 Å². The van der Waals surface area contributed by atoms with E-state index in [-0.39, 0.29) is 0 Å². The number of H-pyrrole nitrogens is 1. The highest BCUT2D eigenvalue weighted by Crippen LogP contribution is 2.20. The third kappa shape index (κ3) is 2.99. The SMILES string of the molecule is CCNCc1cnc(-c2ccc(C(C)C)cc2)[nH]1. The van der Waals surface area contributed by atoms with Crippen molar-refractivity contribution in [1.82, 2.24) is 15.3 Å². The van der Waals surface area contributed by atoms with Gasteiger partial charge < -0.3 is 10.3 Å². The summed E-state index contributed by atoms with van der Waals surface area (Å²) >= 11 is 0. The minimum absolute atomic E-state index is 0.569. The van der Waals surface area contributed by atoms with E-state index in [1.165, 1.54) is 5.56 Å². The summed E-state index contributed by atoms with van der Waals surface area (Å²) in [5.74, 6) is 1.51. The van der Waals surface area contributed by atoms with Crippen LogP contribution in [0.4, 0.5) is 0 Å². The minimum Gasteiger partial charge on any atom is -0.341 e. The van der Waals surface area contributed by atoms with Gasteiger partial charge in [-0.25, -0.2) is 4.98 Å². The first-order valence-electron chi connectivity index (χ1n) is 6.55. The van der Waals surface area contributed by atoms with Crippen LogP contribution in [0.15, 0.2) is 30.5 Å². The molecule has 18 heavy (non-hydrogen) atoms. The maximum absolute atomic E-state index is 4.42. The number of benzene rings is 1. The Balaban J connectivity index is 2.13. The zero-order valence-electron chi connectivity index (χ0n) is 11.3. The Morgan fingerprint density at radius 3 is 2.56 bits per heavy atom. The molecule has 0 unspecified atom stereocenters. The van der Waals surface area contributed by atoms with Gasteiger partial charge in [-0.2, -0.15) is 0 Å². The lowest BCUT2D eigenvalue weighted by atomic mass is 10.0. The highest BCUT2D eigenvalue weighted by atomic mass is 15.0. The smallest absolute Gasteiger partial charge is 0.137 e. The number of nitrogens with zero attached hydrogens (tertiary/aromatic N) is 1. The molecule has 1 aromatic heterocycles. The first kappa shape index (κ1) is 12.8. The van der Waals surface area contributed by atoms with E-state index < -0.39 is 0 Å². The van der Waals surface area contributed by atoms with Gasteiger partial charge in [0.2, 0.25) is 0 Å². The van der Waals surface area contributed by atoms with Crippen LogP contribution >= 0.6 is 0 Å². The molecule has 0 bridgehead atoms. The van der Waals surface area contributed by atoms with Crippen molar-refractivity contribution in [2.24, 2.45) is 0 Å². The maximum Gasteiger partial charge on any atom is 0.137 e. The quantitative estimate of drug-likeness (QED) is 0.846. The Morgan fingerprint density at radius 2 is 1.94 bits per heavy atom. The molecule has 1 aromatic carbocycles. The summed E-state index contributed by atoms with van der Waals surface area (Å²) in [6, 6.07) is 8.61. The Labute approximate surface area is 109 Å². The van der Waals surface area contributed by atoms with E-state index in [2.05, 4.69) is 60.3 Å². The number of aromatic amines is 1. The standard InChI is InChI=1S/C15H21N3/c1-4-16-9-14-10-17-15(18-14)13-7-5-12(6-8-13)11(2)3/h5-8,10-11,16H,4,9H2,1-3H3,(H,17,18). The van der Waals surface area contributed by atoms with E-state index in [9.17, 15) is 0 Å². The molecular formula is C15H21N3. The van der Waals surface area contributed by atoms with Crippen LogP contribution in [0.2, 0.25) is 0 Å². The predicted octanol–water partition coefficient (Wildman–Crippen LogP) is 3.31. The van der Waals surface area contributed by atoms with Gasteiger partial charge in [0, 0.05) is 24.0 Å². The molecule has 2 N–H and O–H groups in total. The lowest BCUT2D eigenvalue weighted by Crippen LogP contribution is -2.11. The van der Waals surface area contributed by atoms with Crippen LogP contribution in [-0.2, 0) is 6.54 Å². The van der Waals surface area contributed by atoms with Crippen molar-refractivity contribution in [2.75, 3.05) is 6.54 Å². The molecule has 0 aliphatic rings. The molecule has 1 heterocycles. The summed E-state index contributed by atoms with van der Waals surface area (Å²) in [4.78, 5) is 7.76. The largest absolute Gasteiger partial charge is 0.341 e. The summed E-state index contributed by atoms with van der Waals surface area (Å²) in [6.07, 6.45) is 1.90. The van der Waals surface area contributed by atoms with Crippen molar-refractivity contribution in [2.45, 2.75) is 33.2 Å². The fourth-order valence-electron chi connectivity index (χ4n) is 1.88. The van der Waals surface area contributed by atoms with Crippen LogP contribution in [0.5, 0.6) is 0 Å². The minimum atomic E-state index is 0.569. The molecule has 0 aliphatic heterocycles. The third-order valence-electron chi connectivity index (χ3n) is 3.04. The Hall–Kier alpha value is -1.61. The lowest BCUT2D eigenvalue weighted by Gasteiger charge is -2.05. The second-order valence-electron chi connectivity index (χ2n) is 4.81. The topological polar surface area (TPSA) is 40.7 Å². The fourth-order valence-corrected chi connectivity index (χ4v) is 1.88. The molecule has 0 fully saturated rings. The van der Waals surface area contributed by atoms with E-state index in [0.717, 1.165) is 30.2 Å². The highest BCUT2D eigenvalue weighted by molar-refractivity contribution is 5.55. The maximum atomic E-state index is 4.42. The monoisotopic (exact) mass is 243 g/mol. The van der Waals surface area contributed by atoms with Crippen molar-refractivity contribution in [3.63, 3.8) is 0 Å². The molecular weight excluding hydrogens is 222 g/mol. The molecule has 96 valence electrons. The molecule has 2 rings (SSSR count). The molecule has 0 aliphatic carbocycles. The second kappa shape index (κ2) is 5.83. The highest BCUT2D eigenvalue weighted by Gasteiger charge is 2.04. The second-order valence-corrected chi connectivity index (χ2v) is 4.81. The molecule has 0 saturated heterocycles. The molecule has 2 aromatic rings. The normalized spacial score (nSPS) is 11.1. The Bertz CT molecular complexity index is 483. The molecule has 0 saturated carbocycles. The number of nitrogens with one attached hydrogen (secondary N) is 2. The van der Waals surface area contributed by atoms with Crippen LogP contribution in [0.3, 0.4) is 0 Å². The van der Waals surface area contributed by atoms with Crippen molar-refractivity contribution in [3.8, 4) is 11.4 Å². The molecule has 0 atom stereocenters. The summed E-state index contributed by atoms with van der Waals surface area (Å²) in [5.41, 5.74) is 3.63. The number of imidazole rings is 1. The average molecular weight is 243 g/mol. The number of rotatable bonds is 5. The van der Waals surface area contributed by atoms with Crippen LogP contribution < -0.4 is 5.32 Å². The zero-order valence-corrected chi connectivity index (χ0v) is 11.3. The third-order valence-corrected chi connectivity index (χ3v) is 3.04. The molecule has 3 heteroatoms. The van der Waals surface area contributed by atoms with Gasteiger partial charge in [0.15, 0.2) is 0 Å². The Morgan fingerprint density at radius 1 is 1.22 bits per heavy atom. The van der Waals surface area contributed by atoms with Crippen molar-refractivity contribution >= 4 is 0 Å². The van der Waals surface area contributed by atoms with Crippen LogP contribution in [0, 0.1) is 0 Å². The first-order chi connectivity index (χ1) is 8.70. The summed E-state index contributed by atoms with van der Waals surface area (Å²) < 4.78 is 0. The van der Waals surface area contributed by atoms with Crippen LogP contribution in [0.1, 0.15) is 37.9 Å². The van der Waals surface area contributed by atoms with Crippen molar-refractivity contribution < 1.29 is 0 Å². The van der Waals surface area contributed by atoms with E-state index in [4.69, 9.17) is 0 Å². The predicted molar refractivity (Wildman–Crippen MR) is 75.5 cm³/mol. The van der Waals surface area contributed by atoms with E-state index >= 15 is 0 Å². The van der Waals surface area contributed by atoms with Gasteiger partial charge in [0.1, 0.15) is 5.82 Å². The summed E-state index contributed by atoms with van der Waals surface area (Å²) in [6.45, 7) is 8.32. The number of hydrogen-bond donors (Lipinski definition) is 2. The molecule has 0 radical (unpaired) electrons. The molecule has 0 spiro atoms. The van der Waals surface area contributed by atoms with Gasteiger partial charge in [-0.05, 0) is 18.0 Å². The van der Waals surface area contributed by atoms with Crippen molar-refractivity contribution in [1.29, 1.82) is 0 Å². The summed E-state index contributed by atoms with van der Waals surface area (Å²) in [7, 11) is 0. The van der Waals surface area contributed by atoms with Gasteiger partial charge in [0.05, 0.1) is 0 Å². The van der Waals surface area contributed by atoms with Gasteiger partial charge >= 0.3 is 0 Å². The summed E-state index contributed by atoms with van der Waals surface area (Å²) in [5, 5.41) is 3.28. The number of aromatic nitrogens is 2. The van der Waals surface area contributed by atoms with E-state index in [1.54, 1.807) is 0 Å². The van der Waals surface area contributed by atoms with Gasteiger partial charge in [-0.15, -0.1) is 0 Å². The zero-order chi connectivity index (χ0) is 13.0. The molecule has 0 amide bonds. The average Bonchev–Trinajstić information content (AvgIpc) is 2.85. The van der Waals surface area contributed by atoms with Gasteiger partial charge in [-0.3, -0.25) is 0 Å².